The average Bonchev–Trinajstić information content (AvgIpc) is 3.59. The van der Waals surface area contributed by atoms with Crippen molar-refractivity contribution in [3.63, 3.8) is 0 Å². The summed E-state index contributed by atoms with van der Waals surface area (Å²) >= 11 is 0. The number of rotatable bonds is 7. The molecule has 1 unspecified atom stereocenters. The fraction of sp³-hybridized carbons (Fsp3) is 0.840. The maximum atomic E-state index is 13.3. The minimum atomic E-state index is 0.162. The van der Waals surface area contributed by atoms with Gasteiger partial charge >= 0.3 is 0 Å². The van der Waals surface area contributed by atoms with Crippen molar-refractivity contribution >= 4 is 5.91 Å². The normalized spacial score (nSPS) is 25.9. The van der Waals surface area contributed by atoms with Crippen LogP contribution in [0.3, 0.4) is 0 Å². The smallest absolute Gasteiger partial charge is 0.274 e. The predicted molar refractivity (Wildman–Crippen MR) is 125 cm³/mol. The highest BCUT2D eigenvalue weighted by molar-refractivity contribution is 5.94. The molecule has 32 heavy (non-hydrogen) atoms. The van der Waals surface area contributed by atoms with Gasteiger partial charge in [-0.1, -0.05) is 19.8 Å². The van der Waals surface area contributed by atoms with Crippen molar-refractivity contribution in [3.8, 4) is 0 Å². The molecule has 1 atom stereocenters. The number of likely N-dealkylation sites (tertiary alicyclic amines) is 1. The maximum absolute atomic E-state index is 13.3. The first kappa shape index (κ1) is 22.4. The first-order chi connectivity index (χ1) is 15.7. The molecule has 7 heteroatoms. The van der Waals surface area contributed by atoms with E-state index in [1.165, 1.54) is 36.9 Å². The van der Waals surface area contributed by atoms with Crippen molar-refractivity contribution in [2.24, 2.45) is 0 Å². The Balaban J connectivity index is 1.30. The molecule has 3 fully saturated rings. The Bertz CT molecular complexity index is 788. The molecular weight excluding hydrogens is 402 g/mol. The van der Waals surface area contributed by atoms with Gasteiger partial charge in [0.2, 0.25) is 0 Å². The highest BCUT2D eigenvalue weighted by atomic mass is 16.5. The summed E-state index contributed by atoms with van der Waals surface area (Å²) < 4.78 is 7.77. The second kappa shape index (κ2) is 9.82. The summed E-state index contributed by atoms with van der Waals surface area (Å²) in [5.74, 6) is 0.162. The largest absolute Gasteiger partial charge is 0.379 e. The number of carbonyl (C=O) groups excluding carboxylic acids is 1. The van der Waals surface area contributed by atoms with Gasteiger partial charge in [0.15, 0.2) is 5.69 Å². The van der Waals surface area contributed by atoms with Crippen LogP contribution in [-0.2, 0) is 24.1 Å². The van der Waals surface area contributed by atoms with Gasteiger partial charge in [0, 0.05) is 62.1 Å². The van der Waals surface area contributed by atoms with Crippen molar-refractivity contribution in [3.05, 3.63) is 17.0 Å². The molecule has 1 amide bonds. The standard InChI is InChI=1S/C25H41N5O2/c1-2-11-30-22-8-7-20(18-21(22)23(27-30)24(31)28-12-5-6-13-28)26-19-25(9-3-4-10-25)29-14-16-32-17-15-29/h20,26H,2-19H2,1H3. The molecule has 2 aliphatic heterocycles. The van der Waals surface area contributed by atoms with Gasteiger partial charge in [-0.3, -0.25) is 14.4 Å². The molecule has 7 nitrogen and oxygen atoms in total. The van der Waals surface area contributed by atoms with E-state index in [1.807, 2.05) is 4.90 Å². The maximum Gasteiger partial charge on any atom is 0.274 e. The quantitative estimate of drug-likeness (QED) is 0.702. The minimum Gasteiger partial charge on any atom is -0.379 e. The topological polar surface area (TPSA) is 62.6 Å². The van der Waals surface area contributed by atoms with Crippen LogP contribution in [0, 0.1) is 0 Å². The fourth-order valence-electron chi connectivity index (χ4n) is 6.51. The number of hydrogen-bond acceptors (Lipinski definition) is 5. The molecule has 178 valence electrons. The van der Waals surface area contributed by atoms with E-state index in [1.54, 1.807) is 0 Å². The summed E-state index contributed by atoms with van der Waals surface area (Å²) in [5.41, 5.74) is 3.58. The molecule has 0 aromatic carbocycles. The first-order valence-corrected chi connectivity index (χ1v) is 13.1. The van der Waals surface area contributed by atoms with Crippen molar-refractivity contribution in [2.45, 2.75) is 89.3 Å². The molecule has 2 saturated heterocycles. The molecular formula is C25H41N5O2. The first-order valence-electron chi connectivity index (χ1n) is 13.1. The number of amides is 1. The third kappa shape index (κ3) is 4.36. The van der Waals surface area contributed by atoms with E-state index in [0.717, 1.165) is 96.7 Å². The van der Waals surface area contributed by atoms with Crippen LogP contribution >= 0.6 is 0 Å². The van der Waals surface area contributed by atoms with Gasteiger partial charge < -0.3 is 15.0 Å². The number of carbonyl (C=O) groups is 1. The number of ether oxygens (including phenoxy) is 1. The van der Waals surface area contributed by atoms with Crippen LogP contribution in [-0.4, -0.2) is 83.0 Å². The number of hydrogen-bond donors (Lipinski definition) is 1. The number of morpholine rings is 1. The van der Waals surface area contributed by atoms with Crippen molar-refractivity contribution in [1.82, 2.24) is 24.9 Å². The van der Waals surface area contributed by atoms with Crippen molar-refractivity contribution in [2.75, 3.05) is 45.9 Å². The van der Waals surface area contributed by atoms with E-state index < -0.39 is 0 Å². The lowest BCUT2D eigenvalue weighted by Gasteiger charge is -2.44. The zero-order chi connectivity index (χ0) is 22.0. The lowest BCUT2D eigenvalue weighted by atomic mass is 9.89. The van der Waals surface area contributed by atoms with E-state index >= 15 is 0 Å². The summed E-state index contributed by atoms with van der Waals surface area (Å²) in [5, 5.41) is 8.84. The molecule has 2 aliphatic carbocycles. The summed E-state index contributed by atoms with van der Waals surface area (Å²) in [4.78, 5) is 18.0. The second-order valence-electron chi connectivity index (χ2n) is 10.3. The molecule has 0 radical (unpaired) electrons. The third-order valence-corrected chi connectivity index (χ3v) is 8.31. The van der Waals surface area contributed by atoms with Gasteiger partial charge in [0.1, 0.15) is 0 Å². The van der Waals surface area contributed by atoms with Crippen LogP contribution in [0.1, 0.15) is 80.0 Å². The Hall–Kier alpha value is -1.44. The molecule has 1 aromatic rings. The summed E-state index contributed by atoms with van der Waals surface area (Å²) in [6, 6.07) is 0.436. The van der Waals surface area contributed by atoms with Crippen LogP contribution in [0.5, 0.6) is 0 Å². The van der Waals surface area contributed by atoms with Crippen molar-refractivity contribution < 1.29 is 9.53 Å². The van der Waals surface area contributed by atoms with Crippen LogP contribution in [0.15, 0.2) is 0 Å². The van der Waals surface area contributed by atoms with E-state index in [4.69, 9.17) is 9.84 Å². The van der Waals surface area contributed by atoms with Crippen LogP contribution in [0.25, 0.3) is 0 Å². The van der Waals surface area contributed by atoms with Crippen LogP contribution < -0.4 is 5.32 Å². The monoisotopic (exact) mass is 443 g/mol. The molecule has 1 N–H and O–H groups in total. The van der Waals surface area contributed by atoms with Gasteiger partial charge in [-0.05, 0) is 51.4 Å². The van der Waals surface area contributed by atoms with Gasteiger partial charge in [-0.15, -0.1) is 0 Å². The molecule has 3 heterocycles. The summed E-state index contributed by atoms with van der Waals surface area (Å²) in [6.07, 6.45) is 11.7. The molecule has 1 aromatic heterocycles. The van der Waals surface area contributed by atoms with Gasteiger partial charge in [0.05, 0.1) is 13.2 Å². The number of nitrogens with one attached hydrogen (secondary N) is 1. The van der Waals surface area contributed by atoms with Gasteiger partial charge in [0.25, 0.3) is 5.91 Å². The molecule has 0 bridgehead atoms. The SMILES string of the molecule is CCCn1nc(C(=O)N2CCCC2)c2c1CCC(NCC1(N3CCOCC3)CCCC1)C2. The summed E-state index contributed by atoms with van der Waals surface area (Å²) in [6.45, 7) is 9.80. The number of nitrogens with zero attached hydrogens (tertiary/aromatic N) is 4. The zero-order valence-corrected chi connectivity index (χ0v) is 19.9. The fourth-order valence-corrected chi connectivity index (χ4v) is 6.51. The van der Waals surface area contributed by atoms with E-state index in [9.17, 15) is 4.79 Å². The number of fused-ring (bicyclic) bond motifs is 1. The highest BCUT2D eigenvalue weighted by Crippen LogP contribution is 2.36. The lowest BCUT2D eigenvalue weighted by Crippen LogP contribution is -2.58. The van der Waals surface area contributed by atoms with Gasteiger partial charge in [-0.25, -0.2) is 0 Å². The summed E-state index contributed by atoms with van der Waals surface area (Å²) in [7, 11) is 0. The molecule has 1 saturated carbocycles. The van der Waals surface area contributed by atoms with Gasteiger partial charge in [-0.2, -0.15) is 5.10 Å². The molecule has 5 rings (SSSR count). The lowest BCUT2D eigenvalue weighted by molar-refractivity contribution is -0.0213. The Morgan fingerprint density at radius 3 is 2.59 bits per heavy atom. The number of aromatic nitrogens is 2. The molecule has 0 spiro atoms. The minimum absolute atomic E-state index is 0.162. The van der Waals surface area contributed by atoms with E-state index in [-0.39, 0.29) is 5.91 Å². The Morgan fingerprint density at radius 2 is 1.88 bits per heavy atom. The van der Waals surface area contributed by atoms with E-state index in [2.05, 4.69) is 21.8 Å². The number of aryl methyl sites for hydroxylation is 1. The van der Waals surface area contributed by atoms with Crippen molar-refractivity contribution in [1.29, 1.82) is 0 Å². The third-order valence-electron chi connectivity index (χ3n) is 8.31. The highest BCUT2D eigenvalue weighted by Gasteiger charge is 2.41. The second-order valence-corrected chi connectivity index (χ2v) is 10.3. The van der Waals surface area contributed by atoms with Crippen LogP contribution in [0.4, 0.5) is 0 Å². The Kier molecular flexibility index (Phi) is 6.86. The predicted octanol–water partition coefficient (Wildman–Crippen LogP) is 2.62. The Labute approximate surface area is 192 Å². The molecule has 4 aliphatic rings. The average molecular weight is 444 g/mol. The van der Waals surface area contributed by atoms with E-state index in [0.29, 0.717) is 11.6 Å². The van der Waals surface area contributed by atoms with Crippen LogP contribution in [0.2, 0.25) is 0 Å². The zero-order valence-electron chi connectivity index (χ0n) is 19.9. The Morgan fingerprint density at radius 1 is 1.12 bits per heavy atom.